The molecule has 1 aliphatic carbocycles. The Hall–Kier alpha value is -1.68. The van der Waals surface area contributed by atoms with Gasteiger partial charge in [-0.1, -0.05) is 18.2 Å². The number of benzene rings is 1. The van der Waals surface area contributed by atoms with Crippen LogP contribution in [-0.4, -0.2) is 29.3 Å². The van der Waals surface area contributed by atoms with Crippen LogP contribution in [0.4, 0.5) is 5.69 Å². The van der Waals surface area contributed by atoms with E-state index in [0.717, 1.165) is 25.0 Å². The molecule has 1 aromatic heterocycles. The molecule has 0 radical (unpaired) electrons. The van der Waals surface area contributed by atoms with E-state index in [2.05, 4.69) is 27.2 Å². The van der Waals surface area contributed by atoms with E-state index >= 15 is 0 Å². The number of nitrogens with two attached hydrogens (primary N) is 1. The van der Waals surface area contributed by atoms with E-state index in [0.29, 0.717) is 6.04 Å². The van der Waals surface area contributed by atoms with Gasteiger partial charge < -0.3 is 10.6 Å². The maximum absolute atomic E-state index is 5.63. The van der Waals surface area contributed by atoms with Crippen molar-refractivity contribution in [1.29, 1.82) is 0 Å². The molecule has 2 N–H and O–H groups in total. The van der Waals surface area contributed by atoms with Gasteiger partial charge in [0.25, 0.3) is 0 Å². The number of nitrogens with zero attached hydrogens (tertiary/aromatic N) is 3. The molecule has 0 aliphatic heterocycles. The molecule has 1 heterocycles. The number of anilines is 1. The summed E-state index contributed by atoms with van der Waals surface area (Å²) < 4.78 is 0. The Kier molecular flexibility index (Phi) is 3.11. The number of fused-ring (bicyclic) bond motifs is 1. The highest BCUT2D eigenvalue weighted by molar-refractivity contribution is 5.91. The van der Waals surface area contributed by atoms with Crippen LogP contribution in [0.5, 0.6) is 0 Å². The third kappa shape index (κ3) is 2.16. The van der Waals surface area contributed by atoms with Crippen LogP contribution in [0.15, 0.2) is 30.5 Å². The van der Waals surface area contributed by atoms with Crippen LogP contribution in [0.25, 0.3) is 10.9 Å². The molecule has 4 nitrogen and oxygen atoms in total. The second kappa shape index (κ2) is 4.90. The molecule has 0 spiro atoms. The van der Waals surface area contributed by atoms with Crippen molar-refractivity contribution in [3.8, 4) is 0 Å². The van der Waals surface area contributed by atoms with Gasteiger partial charge >= 0.3 is 0 Å². The van der Waals surface area contributed by atoms with E-state index in [1.54, 1.807) is 0 Å². The van der Waals surface area contributed by atoms with E-state index in [4.69, 9.17) is 5.73 Å². The maximum Gasteiger partial charge on any atom is 0.0950 e. The lowest BCUT2D eigenvalue weighted by molar-refractivity contribution is 0.732. The third-order valence-corrected chi connectivity index (χ3v) is 3.43. The number of rotatable bonds is 5. The molecule has 94 valence electrons. The van der Waals surface area contributed by atoms with E-state index in [1.807, 2.05) is 18.3 Å². The summed E-state index contributed by atoms with van der Waals surface area (Å²) in [6.07, 6.45) is 5.47. The molecule has 1 aliphatic rings. The Labute approximate surface area is 107 Å². The fraction of sp³-hybridized carbons (Fsp3) is 0.429. The second-order valence-electron chi connectivity index (χ2n) is 4.81. The first kappa shape index (κ1) is 11.4. The van der Waals surface area contributed by atoms with Gasteiger partial charge in [-0.2, -0.15) is 10.2 Å². The van der Waals surface area contributed by atoms with Crippen molar-refractivity contribution in [3.05, 3.63) is 30.5 Å². The maximum atomic E-state index is 5.63. The average molecular weight is 242 g/mol. The Morgan fingerprint density at radius 3 is 2.89 bits per heavy atom. The quantitative estimate of drug-likeness (QED) is 0.870. The van der Waals surface area contributed by atoms with Crippen molar-refractivity contribution in [2.24, 2.45) is 5.73 Å². The SMILES string of the molecule is NCCCN(c1cnnc2ccccc12)C1CC1. The Balaban J connectivity index is 2.00. The third-order valence-electron chi connectivity index (χ3n) is 3.43. The van der Waals surface area contributed by atoms with Crippen molar-refractivity contribution < 1.29 is 0 Å². The molecule has 18 heavy (non-hydrogen) atoms. The lowest BCUT2D eigenvalue weighted by atomic mass is 10.2. The van der Waals surface area contributed by atoms with Gasteiger partial charge in [-0.15, -0.1) is 0 Å². The van der Waals surface area contributed by atoms with Crippen molar-refractivity contribution >= 4 is 16.6 Å². The van der Waals surface area contributed by atoms with Gasteiger partial charge in [-0.3, -0.25) is 0 Å². The van der Waals surface area contributed by atoms with Gasteiger partial charge in [-0.05, 0) is 31.9 Å². The van der Waals surface area contributed by atoms with E-state index in [-0.39, 0.29) is 0 Å². The molecule has 3 rings (SSSR count). The van der Waals surface area contributed by atoms with Crippen molar-refractivity contribution in [2.45, 2.75) is 25.3 Å². The largest absolute Gasteiger partial charge is 0.367 e. The van der Waals surface area contributed by atoms with Gasteiger partial charge in [0.15, 0.2) is 0 Å². The predicted octanol–water partition coefficient (Wildman–Crippen LogP) is 1.95. The second-order valence-corrected chi connectivity index (χ2v) is 4.81. The minimum Gasteiger partial charge on any atom is -0.367 e. The van der Waals surface area contributed by atoms with Crippen LogP contribution in [0.3, 0.4) is 0 Å². The molecule has 2 aromatic rings. The van der Waals surface area contributed by atoms with Gasteiger partial charge in [-0.25, -0.2) is 0 Å². The molecule has 0 amide bonds. The van der Waals surface area contributed by atoms with Gasteiger partial charge in [0.05, 0.1) is 17.4 Å². The van der Waals surface area contributed by atoms with Gasteiger partial charge in [0.1, 0.15) is 0 Å². The van der Waals surface area contributed by atoms with Crippen LogP contribution in [0, 0.1) is 0 Å². The molecule has 0 unspecified atom stereocenters. The normalized spacial score (nSPS) is 14.9. The first-order chi connectivity index (χ1) is 8.90. The van der Waals surface area contributed by atoms with Crippen LogP contribution in [0.1, 0.15) is 19.3 Å². The Bertz CT molecular complexity index is 531. The summed E-state index contributed by atoms with van der Waals surface area (Å²) in [5, 5.41) is 9.50. The molecule has 0 atom stereocenters. The smallest absolute Gasteiger partial charge is 0.0950 e. The Morgan fingerprint density at radius 1 is 1.28 bits per heavy atom. The van der Waals surface area contributed by atoms with Crippen molar-refractivity contribution in [3.63, 3.8) is 0 Å². The molecule has 0 saturated heterocycles. The standard InChI is InChI=1S/C14H18N4/c15-8-3-9-18(11-6-7-11)14-10-16-17-13-5-2-1-4-12(13)14/h1-2,4-5,10-11H,3,6-9,15H2. The number of hydrogen-bond acceptors (Lipinski definition) is 4. The first-order valence-electron chi connectivity index (χ1n) is 6.57. The van der Waals surface area contributed by atoms with E-state index < -0.39 is 0 Å². The summed E-state index contributed by atoms with van der Waals surface area (Å²) in [6.45, 7) is 1.75. The van der Waals surface area contributed by atoms with E-state index in [9.17, 15) is 0 Å². The molecular weight excluding hydrogens is 224 g/mol. The highest BCUT2D eigenvalue weighted by Gasteiger charge is 2.29. The topological polar surface area (TPSA) is 55.0 Å². The first-order valence-corrected chi connectivity index (χ1v) is 6.57. The number of aromatic nitrogens is 2. The molecular formula is C14H18N4. The highest BCUT2D eigenvalue weighted by Crippen LogP contribution is 2.34. The summed E-state index contributed by atoms with van der Waals surface area (Å²) >= 11 is 0. The summed E-state index contributed by atoms with van der Waals surface area (Å²) in [5.74, 6) is 0. The fourth-order valence-electron chi connectivity index (χ4n) is 2.37. The Morgan fingerprint density at radius 2 is 2.11 bits per heavy atom. The zero-order valence-electron chi connectivity index (χ0n) is 10.4. The number of hydrogen-bond donors (Lipinski definition) is 1. The predicted molar refractivity (Wildman–Crippen MR) is 73.6 cm³/mol. The minimum atomic E-state index is 0.671. The lowest BCUT2D eigenvalue weighted by Gasteiger charge is -2.25. The van der Waals surface area contributed by atoms with Crippen LogP contribution in [-0.2, 0) is 0 Å². The molecule has 1 aromatic carbocycles. The molecule has 1 saturated carbocycles. The molecule has 4 heteroatoms. The minimum absolute atomic E-state index is 0.671. The zero-order chi connectivity index (χ0) is 12.4. The van der Waals surface area contributed by atoms with E-state index in [1.165, 1.54) is 23.9 Å². The van der Waals surface area contributed by atoms with Crippen LogP contribution < -0.4 is 10.6 Å². The van der Waals surface area contributed by atoms with Crippen LogP contribution >= 0.6 is 0 Å². The summed E-state index contributed by atoms with van der Waals surface area (Å²) in [6, 6.07) is 8.87. The van der Waals surface area contributed by atoms with Gasteiger partial charge in [0.2, 0.25) is 0 Å². The summed E-state index contributed by atoms with van der Waals surface area (Å²) in [4.78, 5) is 2.45. The van der Waals surface area contributed by atoms with Crippen LogP contribution in [0.2, 0.25) is 0 Å². The fourth-order valence-corrected chi connectivity index (χ4v) is 2.37. The summed E-state index contributed by atoms with van der Waals surface area (Å²) in [5.41, 5.74) is 7.80. The lowest BCUT2D eigenvalue weighted by Crippen LogP contribution is -2.28. The van der Waals surface area contributed by atoms with Gasteiger partial charge in [0, 0.05) is 18.0 Å². The molecule has 0 bridgehead atoms. The highest BCUT2D eigenvalue weighted by atomic mass is 15.2. The van der Waals surface area contributed by atoms with Crippen molar-refractivity contribution in [2.75, 3.05) is 18.0 Å². The molecule has 1 fully saturated rings. The monoisotopic (exact) mass is 242 g/mol. The average Bonchev–Trinajstić information content (AvgIpc) is 3.24. The zero-order valence-corrected chi connectivity index (χ0v) is 10.4. The van der Waals surface area contributed by atoms with Crippen molar-refractivity contribution in [1.82, 2.24) is 10.2 Å². The summed E-state index contributed by atoms with van der Waals surface area (Å²) in [7, 11) is 0.